The zero-order valence-electron chi connectivity index (χ0n) is 7.45. The minimum atomic E-state index is -0.175. The first-order valence-corrected chi connectivity index (χ1v) is 4.07. The first-order valence-electron chi connectivity index (χ1n) is 4.07. The molecule has 68 valence electrons. The maximum Gasteiger partial charge on any atom is 0.311 e. The predicted molar refractivity (Wildman–Crippen MR) is 44.7 cm³/mol. The lowest BCUT2D eigenvalue weighted by Gasteiger charge is -2.23. The molecule has 0 radical (unpaired) electrons. The third-order valence-electron chi connectivity index (χ3n) is 2.14. The summed E-state index contributed by atoms with van der Waals surface area (Å²) in [6, 6.07) is 0. The summed E-state index contributed by atoms with van der Waals surface area (Å²) in [4.78, 5) is 11.2. The van der Waals surface area contributed by atoms with Crippen molar-refractivity contribution >= 4 is 5.97 Å². The number of esters is 1. The van der Waals surface area contributed by atoms with E-state index in [0.29, 0.717) is 0 Å². The van der Waals surface area contributed by atoms with Crippen molar-refractivity contribution in [3.63, 3.8) is 0 Å². The Kier molecular flexibility index (Phi) is 3.29. The fraction of sp³-hybridized carbons (Fsp3) is 0.667. The van der Waals surface area contributed by atoms with Gasteiger partial charge in [-0.15, -0.1) is 0 Å². The molecule has 0 aromatic heterocycles. The zero-order chi connectivity index (χ0) is 8.97. The predicted octanol–water partition coefficient (Wildman–Crippen LogP) is 1.14. The van der Waals surface area contributed by atoms with Crippen LogP contribution in [0.5, 0.6) is 0 Å². The molecule has 0 heterocycles. The van der Waals surface area contributed by atoms with Gasteiger partial charge in [0.25, 0.3) is 0 Å². The van der Waals surface area contributed by atoms with Crippen LogP contribution in [0.15, 0.2) is 12.2 Å². The van der Waals surface area contributed by atoms with E-state index < -0.39 is 0 Å². The number of ether oxygens (including phenoxy) is 2. The van der Waals surface area contributed by atoms with Crippen molar-refractivity contribution in [2.75, 3.05) is 14.2 Å². The third-order valence-corrected chi connectivity index (χ3v) is 2.14. The van der Waals surface area contributed by atoms with Gasteiger partial charge >= 0.3 is 5.97 Å². The van der Waals surface area contributed by atoms with Gasteiger partial charge in [-0.1, -0.05) is 12.2 Å². The summed E-state index contributed by atoms with van der Waals surface area (Å²) >= 11 is 0. The van der Waals surface area contributed by atoms with Crippen molar-refractivity contribution in [2.24, 2.45) is 5.92 Å². The Morgan fingerprint density at radius 1 is 1.50 bits per heavy atom. The minimum Gasteiger partial charge on any atom is -0.469 e. The average Bonchev–Trinajstić information content (AvgIpc) is 2.16. The number of hydrogen-bond donors (Lipinski definition) is 0. The molecule has 0 saturated heterocycles. The Morgan fingerprint density at radius 3 is 2.83 bits per heavy atom. The second-order valence-corrected chi connectivity index (χ2v) is 2.84. The molecule has 0 unspecified atom stereocenters. The summed E-state index contributed by atoms with van der Waals surface area (Å²) in [5.41, 5.74) is 0. The SMILES string of the molecule is COC(=O)[C@H]1CCC=C[C@H]1OC. The molecule has 12 heavy (non-hydrogen) atoms. The van der Waals surface area contributed by atoms with E-state index in [1.165, 1.54) is 7.11 Å². The number of allylic oxidation sites excluding steroid dienone is 1. The maximum atomic E-state index is 11.2. The molecule has 3 nitrogen and oxygen atoms in total. The van der Waals surface area contributed by atoms with Gasteiger partial charge in [-0.2, -0.15) is 0 Å². The van der Waals surface area contributed by atoms with E-state index in [2.05, 4.69) is 4.74 Å². The molecule has 0 bridgehead atoms. The molecule has 0 saturated carbocycles. The van der Waals surface area contributed by atoms with Crippen LogP contribution in [0.2, 0.25) is 0 Å². The van der Waals surface area contributed by atoms with E-state index in [4.69, 9.17) is 4.74 Å². The Morgan fingerprint density at radius 2 is 2.25 bits per heavy atom. The lowest BCUT2D eigenvalue weighted by atomic mass is 9.92. The van der Waals surface area contributed by atoms with Crippen LogP contribution < -0.4 is 0 Å². The van der Waals surface area contributed by atoms with E-state index >= 15 is 0 Å². The van der Waals surface area contributed by atoms with Crippen molar-refractivity contribution in [3.8, 4) is 0 Å². The highest BCUT2D eigenvalue weighted by Gasteiger charge is 2.28. The van der Waals surface area contributed by atoms with Gasteiger partial charge in [0, 0.05) is 7.11 Å². The van der Waals surface area contributed by atoms with Gasteiger partial charge in [-0.3, -0.25) is 4.79 Å². The van der Waals surface area contributed by atoms with Crippen LogP contribution in [-0.4, -0.2) is 26.3 Å². The maximum absolute atomic E-state index is 11.2. The standard InChI is InChI=1S/C9H14O3/c1-11-8-6-4-3-5-7(8)9(10)12-2/h4,6-8H,3,5H2,1-2H3/t7-,8+/m0/s1. The van der Waals surface area contributed by atoms with Crippen LogP contribution in [0.4, 0.5) is 0 Å². The summed E-state index contributed by atoms with van der Waals surface area (Å²) in [5.74, 6) is -0.295. The normalized spacial score (nSPS) is 28.5. The number of carbonyl (C=O) groups excluding carboxylic acids is 1. The summed E-state index contributed by atoms with van der Waals surface area (Å²) in [7, 11) is 3.02. The minimum absolute atomic E-state index is 0.105. The summed E-state index contributed by atoms with van der Waals surface area (Å²) < 4.78 is 9.81. The molecule has 0 aromatic carbocycles. The van der Waals surface area contributed by atoms with Crippen LogP contribution in [0.25, 0.3) is 0 Å². The van der Waals surface area contributed by atoms with Crippen molar-refractivity contribution in [1.82, 2.24) is 0 Å². The Bertz CT molecular complexity index is 186. The highest BCUT2D eigenvalue weighted by Crippen LogP contribution is 2.21. The average molecular weight is 170 g/mol. The molecule has 0 amide bonds. The van der Waals surface area contributed by atoms with Gasteiger partial charge in [0.15, 0.2) is 0 Å². The topological polar surface area (TPSA) is 35.5 Å². The molecule has 1 rings (SSSR count). The van der Waals surface area contributed by atoms with Crippen LogP contribution in [0.1, 0.15) is 12.8 Å². The summed E-state index contributed by atoms with van der Waals surface area (Å²) in [6.45, 7) is 0. The zero-order valence-corrected chi connectivity index (χ0v) is 7.45. The van der Waals surface area contributed by atoms with E-state index in [1.54, 1.807) is 7.11 Å². The number of carbonyl (C=O) groups is 1. The monoisotopic (exact) mass is 170 g/mol. The van der Waals surface area contributed by atoms with E-state index in [1.807, 2.05) is 12.2 Å². The van der Waals surface area contributed by atoms with Gasteiger partial charge in [0.2, 0.25) is 0 Å². The number of hydrogen-bond acceptors (Lipinski definition) is 3. The van der Waals surface area contributed by atoms with Gasteiger partial charge in [-0.05, 0) is 12.8 Å². The van der Waals surface area contributed by atoms with Gasteiger partial charge in [0.05, 0.1) is 19.1 Å². The molecular weight excluding hydrogens is 156 g/mol. The van der Waals surface area contributed by atoms with Gasteiger partial charge < -0.3 is 9.47 Å². The first-order chi connectivity index (χ1) is 5.79. The van der Waals surface area contributed by atoms with Crippen molar-refractivity contribution in [1.29, 1.82) is 0 Å². The highest BCUT2D eigenvalue weighted by molar-refractivity contribution is 5.73. The van der Waals surface area contributed by atoms with Crippen LogP contribution in [0, 0.1) is 5.92 Å². The van der Waals surface area contributed by atoms with Crippen LogP contribution in [0.3, 0.4) is 0 Å². The fourth-order valence-corrected chi connectivity index (χ4v) is 1.45. The highest BCUT2D eigenvalue weighted by atomic mass is 16.5. The second kappa shape index (κ2) is 4.26. The molecule has 0 spiro atoms. The molecule has 0 aromatic rings. The van der Waals surface area contributed by atoms with Crippen LogP contribution in [-0.2, 0) is 14.3 Å². The lowest BCUT2D eigenvalue weighted by Crippen LogP contribution is -2.31. The number of rotatable bonds is 2. The smallest absolute Gasteiger partial charge is 0.311 e. The third kappa shape index (κ3) is 1.85. The van der Waals surface area contributed by atoms with Crippen molar-refractivity contribution in [2.45, 2.75) is 18.9 Å². The molecular formula is C9H14O3. The first kappa shape index (κ1) is 9.26. The summed E-state index contributed by atoms with van der Waals surface area (Å²) in [6.07, 6.45) is 5.60. The van der Waals surface area contributed by atoms with E-state index in [-0.39, 0.29) is 18.0 Å². The van der Waals surface area contributed by atoms with E-state index in [0.717, 1.165) is 12.8 Å². The summed E-state index contributed by atoms with van der Waals surface area (Å²) in [5, 5.41) is 0. The molecule has 0 aliphatic heterocycles. The molecule has 1 aliphatic carbocycles. The molecule has 2 atom stereocenters. The molecule has 1 aliphatic rings. The Balaban J connectivity index is 2.62. The van der Waals surface area contributed by atoms with Gasteiger partial charge in [-0.25, -0.2) is 0 Å². The molecule has 3 heteroatoms. The van der Waals surface area contributed by atoms with E-state index in [9.17, 15) is 4.79 Å². The molecule has 0 N–H and O–H groups in total. The fourth-order valence-electron chi connectivity index (χ4n) is 1.45. The van der Waals surface area contributed by atoms with Crippen molar-refractivity contribution < 1.29 is 14.3 Å². The Hall–Kier alpha value is -0.830. The van der Waals surface area contributed by atoms with Gasteiger partial charge in [0.1, 0.15) is 0 Å². The lowest BCUT2D eigenvalue weighted by molar-refractivity contribution is -0.149. The second-order valence-electron chi connectivity index (χ2n) is 2.84. The largest absolute Gasteiger partial charge is 0.469 e. The van der Waals surface area contributed by atoms with Crippen LogP contribution >= 0.6 is 0 Å². The quantitative estimate of drug-likeness (QED) is 0.460. The Labute approximate surface area is 72.4 Å². The molecule has 0 fully saturated rings. The van der Waals surface area contributed by atoms with Crippen molar-refractivity contribution in [3.05, 3.63) is 12.2 Å². The number of methoxy groups -OCH3 is 2.